The van der Waals surface area contributed by atoms with Crippen molar-refractivity contribution in [2.45, 2.75) is 57.2 Å². The number of aromatic nitrogens is 3. The van der Waals surface area contributed by atoms with Gasteiger partial charge in [0, 0.05) is 47.4 Å². The number of carbonyl (C=O) groups is 5. The van der Waals surface area contributed by atoms with Gasteiger partial charge < -0.3 is 40.8 Å². The van der Waals surface area contributed by atoms with Gasteiger partial charge in [-0.1, -0.05) is 31.4 Å². The number of hydrogen-bond donors (Lipinski definition) is 6. The van der Waals surface area contributed by atoms with Crippen molar-refractivity contribution in [2.24, 2.45) is 5.73 Å². The van der Waals surface area contributed by atoms with Crippen molar-refractivity contribution >= 4 is 57.2 Å². The molecule has 3 aromatic carbocycles. The highest BCUT2D eigenvalue weighted by Gasteiger charge is 2.25. The Balaban J connectivity index is 1.04. The molecular formula is C39H37N7O7. The molecule has 0 radical (unpaired) electrons. The van der Waals surface area contributed by atoms with E-state index in [0.29, 0.717) is 38.8 Å². The van der Waals surface area contributed by atoms with Gasteiger partial charge in [0.1, 0.15) is 18.1 Å². The number of aromatic amines is 1. The van der Waals surface area contributed by atoms with Gasteiger partial charge in [0.25, 0.3) is 5.91 Å². The van der Waals surface area contributed by atoms with Gasteiger partial charge in [0.2, 0.25) is 5.91 Å². The predicted molar refractivity (Wildman–Crippen MR) is 196 cm³/mol. The summed E-state index contributed by atoms with van der Waals surface area (Å²) in [7, 11) is 0. The van der Waals surface area contributed by atoms with Crippen LogP contribution in [0.1, 0.15) is 70.0 Å². The van der Waals surface area contributed by atoms with Crippen LogP contribution in [-0.4, -0.2) is 55.3 Å². The lowest BCUT2D eigenvalue weighted by Crippen LogP contribution is -2.45. The van der Waals surface area contributed by atoms with Crippen LogP contribution in [0, 0.1) is 0 Å². The molecule has 6 aromatic rings. The molecule has 0 saturated heterocycles. The molecule has 1 saturated carbocycles. The molecule has 1 atom stereocenters. The standard InChI is InChI=1S/C39H37N7O7/c40-34(47)32(45-36(48)24-10-13-33-31(16-24)44-35(25-14-15-53-21-25)46(33)28-4-2-1-3-5-28)17-26-20-41-30-12-11-27(18-29(26)30)43-38(50)37(49)42-19-22-6-8-23(9-7-22)39(51)52/h6-16,18,20-21,28,32,41H,1-5,17,19H2,(H2,40,47)(H,42,49)(H,43,50)(H,45,48)(H,51,52)/t32-/m0/s1. The second-order valence-corrected chi connectivity index (χ2v) is 13.2. The molecule has 3 heterocycles. The summed E-state index contributed by atoms with van der Waals surface area (Å²) in [6.45, 7) is 0.0251. The van der Waals surface area contributed by atoms with E-state index in [2.05, 4.69) is 25.5 Å². The number of carboxylic acid groups (broad SMARTS) is 1. The third-order valence-corrected chi connectivity index (χ3v) is 9.63. The van der Waals surface area contributed by atoms with Gasteiger partial charge in [-0.25, -0.2) is 9.78 Å². The van der Waals surface area contributed by atoms with Crippen LogP contribution in [0.2, 0.25) is 0 Å². The molecule has 1 fully saturated rings. The summed E-state index contributed by atoms with van der Waals surface area (Å²) in [5.41, 5.74) is 11.0. The van der Waals surface area contributed by atoms with Gasteiger partial charge in [-0.2, -0.15) is 0 Å². The van der Waals surface area contributed by atoms with E-state index in [9.17, 15) is 24.0 Å². The summed E-state index contributed by atoms with van der Waals surface area (Å²) in [4.78, 5) is 70.5. The van der Waals surface area contributed by atoms with E-state index in [1.54, 1.807) is 61.2 Å². The van der Waals surface area contributed by atoms with Crippen molar-refractivity contribution < 1.29 is 33.5 Å². The number of carboxylic acids is 1. The summed E-state index contributed by atoms with van der Waals surface area (Å²) in [5, 5.41) is 17.6. The first kappa shape index (κ1) is 34.7. The van der Waals surface area contributed by atoms with Crippen molar-refractivity contribution in [3.8, 4) is 11.4 Å². The second-order valence-electron chi connectivity index (χ2n) is 13.2. The van der Waals surface area contributed by atoms with Crippen LogP contribution in [-0.2, 0) is 27.3 Å². The summed E-state index contributed by atoms with van der Waals surface area (Å²) in [6, 6.07) is 17.4. The molecule has 3 aromatic heterocycles. The van der Waals surface area contributed by atoms with Crippen LogP contribution < -0.4 is 21.7 Å². The van der Waals surface area contributed by atoms with Gasteiger partial charge >= 0.3 is 17.8 Å². The number of nitrogens with one attached hydrogen (secondary N) is 4. The molecule has 1 aliphatic rings. The lowest BCUT2D eigenvalue weighted by atomic mass is 9.95. The number of primary amides is 1. The zero-order valence-electron chi connectivity index (χ0n) is 28.6. The largest absolute Gasteiger partial charge is 0.478 e. The number of H-pyrrole nitrogens is 1. The minimum absolute atomic E-state index is 0.0251. The third kappa shape index (κ3) is 7.52. The molecule has 0 unspecified atom stereocenters. The molecule has 53 heavy (non-hydrogen) atoms. The Morgan fingerprint density at radius 1 is 0.943 bits per heavy atom. The smallest absolute Gasteiger partial charge is 0.335 e. The highest BCUT2D eigenvalue weighted by Crippen LogP contribution is 2.36. The Hall–Kier alpha value is -6.70. The minimum atomic E-state index is -1.06. The van der Waals surface area contributed by atoms with Gasteiger partial charge in [-0.05, 0) is 78.6 Å². The number of imidazole rings is 1. The molecule has 1 aliphatic carbocycles. The molecule has 0 spiro atoms. The molecule has 14 heteroatoms. The van der Waals surface area contributed by atoms with Crippen LogP contribution >= 0.6 is 0 Å². The number of aromatic carboxylic acids is 1. The molecule has 270 valence electrons. The monoisotopic (exact) mass is 715 g/mol. The number of carbonyl (C=O) groups excluding carboxylic acids is 4. The van der Waals surface area contributed by atoms with Crippen molar-refractivity contribution in [1.82, 2.24) is 25.2 Å². The van der Waals surface area contributed by atoms with Crippen molar-refractivity contribution in [2.75, 3.05) is 5.32 Å². The first-order chi connectivity index (χ1) is 25.6. The maximum atomic E-state index is 13.6. The zero-order chi connectivity index (χ0) is 37.1. The van der Waals surface area contributed by atoms with Crippen LogP contribution in [0.5, 0.6) is 0 Å². The fraction of sp³-hybridized carbons (Fsp3) is 0.231. The van der Waals surface area contributed by atoms with Gasteiger partial charge in [-0.3, -0.25) is 19.2 Å². The Morgan fingerprint density at radius 2 is 1.72 bits per heavy atom. The van der Waals surface area contributed by atoms with E-state index in [-0.39, 0.29) is 24.6 Å². The number of anilines is 1. The molecule has 7 rings (SSSR count). The Morgan fingerprint density at radius 3 is 2.43 bits per heavy atom. The normalized spacial score (nSPS) is 13.8. The fourth-order valence-corrected chi connectivity index (χ4v) is 6.87. The number of furan rings is 1. The molecule has 7 N–H and O–H groups in total. The van der Waals surface area contributed by atoms with Crippen LogP contribution in [0.4, 0.5) is 5.69 Å². The minimum Gasteiger partial charge on any atom is -0.478 e. The number of nitrogens with zero attached hydrogens (tertiary/aromatic N) is 2. The lowest BCUT2D eigenvalue weighted by molar-refractivity contribution is -0.136. The number of benzene rings is 3. The van der Waals surface area contributed by atoms with Gasteiger partial charge in [0.05, 0.1) is 28.4 Å². The molecule has 0 bridgehead atoms. The Labute approximate surface area is 302 Å². The molecular weight excluding hydrogens is 678 g/mol. The zero-order valence-corrected chi connectivity index (χ0v) is 28.6. The molecule has 4 amide bonds. The van der Waals surface area contributed by atoms with Crippen molar-refractivity contribution in [1.29, 1.82) is 0 Å². The quantitative estimate of drug-likeness (QED) is 0.0995. The van der Waals surface area contributed by atoms with E-state index in [1.165, 1.54) is 18.6 Å². The van der Waals surface area contributed by atoms with E-state index in [0.717, 1.165) is 42.6 Å². The lowest BCUT2D eigenvalue weighted by Gasteiger charge is -2.25. The third-order valence-electron chi connectivity index (χ3n) is 9.63. The summed E-state index contributed by atoms with van der Waals surface area (Å²) >= 11 is 0. The molecule has 14 nitrogen and oxygen atoms in total. The van der Waals surface area contributed by atoms with E-state index >= 15 is 0 Å². The average molecular weight is 716 g/mol. The summed E-state index contributed by atoms with van der Waals surface area (Å²) in [5.74, 6) is -3.27. The predicted octanol–water partition coefficient (Wildman–Crippen LogP) is 5.06. The Kier molecular flexibility index (Phi) is 9.75. The number of rotatable bonds is 11. The fourth-order valence-electron chi connectivity index (χ4n) is 6.87. The number of amides is 4. The first-order valence-corrected chi connectivity index (χ1v) is 17.3. The maximum Gasteiger partial charge on any atom is 0.335 e. The summed E-state index contributed by atoms with van der Waals surface area (Å²) < 4.78 is 7.61. The van der Waals surface area contributed by atoms with Crippen molar-refractivity contribution in [3.05, 3.63) is 108 Å². The van der Waals surface area contributed by atoms with E-state index < -0.39 is 35.6 Å². The maximum absolute atomic E-state index is 13.6. The second kappa shape index (κ2) is 14.9. The summed E-state index contributed by atoms with van der Waals surface area (Å²) in [6.07, 6.45) is 10.6. The number of nitrogens with two attached hydrogens (primary N) is 1. The van der Waals surface area contributed by atoms with Crippen LogP contribution in [0.15, 0.2) is 89.9 Å². The van der Waals surface area contributed by atoms with E-state index in [4.69, 9.17) is 20.2 Å². The molecule has 0 aliphatic heterocycles. The number of fused-ring (bicyclic) bond motifs is 2. The average Bonchev–Trinajstić information content (AvgIpc) is 3.93. The first-order valence-electron chi connectivity index (χ1n) is 17.3. The van der Waals surface area contributed by atoms with Gasteiger partial charge in [0.15, 0.2) is 0 Å². The SMILES string of the molecule is NC(=O)[C@H](Cc1c[nH]c2ccc(NC(=O)C(=O)NCc3ccc(C(=O)O)cc3)cc12)NC(=O)c1ccc2c(c1)nc(-c1ccoc1)n2C1CCCCC1. The van der Waals surface area contributed by atoms with Crippen LogP contribution in [0.3, 0.4) is 0 Å². The number of hydrogen-bond acceptors (Lipinski definition) is 7. The highest BCUT2D eigenvalue weighted by molar-refractivity contribution is 6.39. The van der Waals surface area contributed by atoms with Crippen molar-refractivity contribution in [3.63, 3.8) is 0 Å². The topological polar surface area (TPSA) is 214 Å². The van der Waals surface area contributed by atoms with Gasteiger partial charge in [-0.15, -0.1) is 0 Å². The van der Waals surface area contributed by atoms with Crippen LogP contribution in [0.25, 0.3) is 33.3 Å². The van der Waals surface area contributed by atoms with E-state index in [1.807, 2.05) is 12.1 Å². The Bertz CT molecular complexity index is 2340. The highest BCUT2D eigenvalue weighted by atomic mass is 16.4.